The number of rotatable bonds is 6. The highest BCUT2D eigenvalue weighted by atomic mass is 32.2. The molecule has 2 heterocycles. The van der Waals surface area contributed by atoms with E-state index < -0.39 is 0 Å². The predicted molar refractivity (Wildman–Crippen MR) is 75.8 cm³/mol. The van der Waals surface area contributed by atoms with Crippen molar-refractivity contribution in [2.24, 2.45) is 0 Å². The SMILES string of the molecule is CCCn1c(=O)nc(SC)c2[nH]c(CCOC)nc21. The summed E-state index contributed by atoms with van der Waals surface area (Å²) < 4.78 is 6.68. The molecule has 7 heteroatoms. The van der Waals surface area contributed by atoms with Crippen LogP contribution in [-0.2, 0) is 17.7 Å². The van der Waals surface area contributed by atoms with Gasteiger partial charge >= 0.3 is 5.69 Å². The van der Waals surface area contributed by atoms with Crippen LogP contribution in [0, 0.1) is 0 Å². The number of nitrogens with zero attached hydrogens (tertiary/aromatic N) is 3. The van der Waals surface area contributed by atoms with Gasteiger partial charge in [0.2, 0.25) is 0 Å². The average Bonchev–Trinajstić information content (AvgIpc) is 2.83. The largest absolute Gasteiger partial charge is 0.384 e. The number of aromatic amines is 1. The van der Waals surface area contributed by atoms with E-state index in [1.165, 1.54) is 11.8 Å². The third kappa shape index (κ3) is 2.82. The Bertz CT molecular complexity index is 620. The normalized spacial score (nSPS) is 11.3. The maximum Gasteiger partial charge on any atom is 0.350 e. The van der Waals surface area contributed by atoms with Crippen molar-refractivity contribution in [3.63, 3.8) is 0 Å². The first-order chi connectivity index (χ1) is 9.21. The number of fused-ring (bicyclic) bond motifs is 1. The number of aromatic nitrogens is 4. The molecule has 6 nitrogen and oxygen atoms in total. The van der Waals surface area contributed by atoms with E-state index in [0.717, 1.165) is 17.8 Å². The third-order valence-electron chi connectivity index (χ3n) is 2.81. The Labute approximate surface area is 115 Å². The summed E-state index contributed by atoms with van der Waals surface area (Å²) in [5.74, 6) is 0.824. The molecule has 0 radical (unpaired) electrons. The first kappa shape index (κ1) is 14.1. The van der Waals surface area contributed by atoms with E-state index >= 15 is 0 Å². The summed E-state index contributed by atoms with van der Waals surface area (Å²) in [5.41, 5.74) is 1.30. The fourth-order valence-corrected chi connectivity index (χ4v) is 2.46. The van der Waals surface area contributed by atoms with Gasteiger partial charge in [-0.05, 0) is 12.7 Å². The lowest BCUT2D eigenvalue weighted by Crippen LogP contribution is -2.24. The average molecular weight is 282 g/mol. The summed E-state index contributed by atoms with van der Waals surface area (Å²) in [6.07, 6.45) is 3.47. The van der Waals surface area contributed by atoms with Gasteiger partial charge in [-0.2, -0.15) is 4.98 Å². The van der Waals surface area contributed by atoms with Crippen LogP contribution in [0.15, 0.2) is 9.82 Å². The first-order valence-corrected chi connectivity index (χ1v) is 7.46. The van der Waals surface area contributed by atoms with Crippen molar-refractivity contribution in [3.05, 3.63) is 16.3 Å². The number of H-pyrrole nitrogens is 1. The Morgan fingerprint density at radius 2 is 2.21 bits per heavy atom. The molecule has 2 aromatic rings. The highest BCUT2D eigenvalue weighted by molar-refractivity contribution is 7.98. The number of ether oxygens (including phenoxy) is 1. The standard InChI is InChI=1S/C12H18N4O2S/c1-4-6-16-10-9(11(19-3)15-12(16)17)13-8(14-10)5-7-18-2/h4-7H2,1-3H3,(H,13,14). The van der Waals surface area contributed by atoms with Crippen LogP contribution in [0.5, 0.6) is 0 Å². The molecular formula is C12H18N4O2S. The van der Waals surface area contributed by atoms with Crippen LogP contribution in [0.3, 0.4) is 0 Å². The minimum absolute atomic E-state index is 0.233. The second-order valence-corrected chi connectivity index (χ2v) is 4.98. The Morgan fingerprint density at radius 1 is 1.42 bits per heavy atom. The zero-order valence-corrected chi connectivity index (χ0v) is 12.2. The maximum absolute atomic E-state index is 12.0. The first-order valence-electron chi connectivity index (χ1n) is 6.23. The number of imidazole rings is 1. The monoisotopic (exact) mass is 282 g/mol. The molecule has 2 aromatic heterocycles. The molecule has 0 atom stereocenters. The number of hydrogen-bond acceptors (Lipinski definition) is 5. The predicted octanol–water partition coefficient (Wildman–Crippen LogP) is 1.44. The van der Waals surface area contributed by atoms with Crippen molar-refractivity contribution >= 4 is 22.9 Å². The van der Waals surface area contributed by atoms with Gasteiger partial charge in [0.1, 0.15) is 16.4 Å². The number of methoxy groups -OCH3 is 1. The molecule has 0 aliphatic heterocycles. The molecule has 1 N–H and O–H groups in total. The lowest BCUT2D eigenvalue weighted by Gasteiger charge is -2.05. The van der Waals surface area contributed by atoms with Crippen molar-refractivity contribution < 1.29 is 4.74 Å². The van der Waals surface area contributed by atoms with Gasteiger partial charge in [-0.15, -0.1) is 11.8 Å². The second-order valence-electron chi connectivity index (χ2n) is 4.18. The zero-order valence-electron chi connectivity index (χ0n) is 11.4. The Kier molecular flexibility index (Phi) is 4.60. The topological polar surface area (TPSA) is 72.8 Å². The Balaban J connectivity index is 2.57. The highest BCUT2D eigenvalue weighted by Gasteiger charge is 2.14. The second kappa shape index (κ2) is 6.21. The van der Waals surface area contributed by atoms with E-state index in [9.17, 15) is 4.79 Å². The van der Waals surface area contributed by atoms with Gasteiger partial charge in [-0.25, -0.2) is 9.78 Å². The summed E-state index contributed by atoms with van der Waals surface area (Å²) in [5, 5.41) is 0.698. The molecule has 0 bridgehead atoms. The molecule has 0 spiro atoms. The van der Waals surface area contributed by atoms with E-state index in [-0.39, 0.29) is 5.69 Å². The van der Waals surface area contributed by atoms with E-state index in [4.69, 9.17) is 4.74 Å². The van der Waals surface area contributed by atoms with Gasteiger partial charge in [0.05, 0.1) is 6.61 Å². The molecule has 0 fully saturated rings. The van der Waals surface area contributed by atoms with Crippen LogP contribution in [0.25, 0.3) is 11.2 Å². The summed E-state index contributed by atoms with van der Waals surface area (Å²) in [6, 6.07) is 0. The number of thioether (sulfide) groups is 1. The van der Waals surface area contributed by atoms with E-state index in [1.54, 1.807) is 11.7 Å². The molecule has 2 rings (SSSR count). The van der Waals surface area contributed by atoms with Gasteiger partial charge in [-0.1, -0.05) is 6.92 Å². The van der Waals surface area contributed by atoms with Crippen LogP contribution in [0.2, 0.25) is 0 Å². The third-order valence-corrected chi connectivity index (χ3v) is 3.50. The molecule has 0 amide bonds. The molecule has 0 unspecified atom stereocenters. The fourth-order valence-electron chi connectivity index (χ4n) is 1.94. The van der Waals surface area contributed by atoms with Crippen molar-refractivity contribution in [2.45, 2.75) is 31.3 Å². The highest BCUT2D eigenvalue weighted by Crippen LogP contribution is 2.21. The molecular weight excluding hydrogens is 264 g/mol. The summed E-state index contributed by atoms with van der Waals surface area (Å²) >= 11 is 1.45. The smallest absolute Gasteiger partial charge is 0.350 e. The van der Waals surface area contributed by atoms with Crippen molar-refractivity contribution in [2.75, 3.05) is 20.0 Å². The molecule has 0 aliphatic carbocycles. The van der Waals surface area contributed by atoms with E-state index in [2.05, 4.69) is 15.0 Å². The van der Waals surface area contributed by atoms with Gasteiger partial charge in [0, 0.05) is 20.1 Å². The number of aryl methyl sites for hydroxylation is 1. The van der Waals surface area contributed by atoms with Crippen LogP contribution >= 0.6 is 11.8 Å². The molecule has 0 aromatic carbocycles. The summed E-state index contributed by atoms with van der Waals surface area (Å²) in [7, 11) is 1.66. The van der Waals surface area contributed by atoms with Crippen LogP contribution in [0.4, 0.5) is 0 Å². The van der Waals surface area contributed by atoms with E-state index in [1.807, 2.05) is 13.2 Å². The lowest BCUT2D eigenvalue weighted by atomic mass is 10.4. The summed E-state index contributed by atoms with van der Waals surface area (Å²) in [6.45, 7) is 3.25. The van der Waals surface area contributed by atoms with Crippen molar-refractivity contribution in [1.29, 1.82) is 0 Å². The molecule has 19 heavy (non-hydrogen) atoms. The maximum atomic E-state index is 12.0. The molecule has 0 saturated heterocycles. The zero-order chi connectivity index (χ0) is 13.8. The number of hydrogen-bond donors (Lipinski definition) is 1. The van der Waals surface area contributed by atoms with Gasteiger partial charge < -0.3 is 9.72 Å². The van der Waals surface area contributed by atoms with Gasteiger partial charge in [-0.3, -0.25) is 4.57 Å². The minimum atomic E-state index is -0.233. The number of nitrogens with one attached hydrogen (secondary N) is 1. The molecule has 0 saturated carbocycles. The lowest BCUT2D eigenvalue weighted by molar-refractivity contribution is 0.201. The van der Waals surface area contributed by atoms with Gasteiger partial charge in [0.25, 0.3) is 0 Å². The van der Waals surface area contributed by atoms with Crippen molar-refractivity contribution in [3.8, 4) is 0 Å². The molecule has 104 valence electrons. The minimum Gasteiger partial charge on any atom is -0.384 e. The fraction of sp³-hybridized carbons (Fsp3) is 0.583. The summed E-state index contributed by atoms with van der Waals surface area (Å²) in [4.78, 5) is 23.8. The van der Waals surface area contributed by atoms with Crippen molar-refractivity contribution in [1.82, 2.24) is 19.5 Å². The van der Waals surface area contributed by atoms with Crippen LogP contribution in [0.1, 0.15) is 19.2 Å². The Morgan fingerprint density at radius 3 is 2.84 bits per heavy atom. The van der Waals surface area contributed by atoms with Crippen LogP contribution < -0.4 is 5.69 Å². The van der Waals surface area contributed by atoms with Gasteiger partial charge in [0.15, 0.2) is 5.65 Å². The molecule has 0 aliphatic rings. The van der Waals surface area contributed by atoms with Crippen LogP contribution in [-0.4, -0.2) is 39.5 Å². The quantitative estimate of drug-likeness (QED) is 0.641. The van der Waals surface area contributed by atoms with E-state index in [0.29, 0.717) is 30.2 Å². The Hall–Kier alpha value is -1.34.